The fourth-order valence-electron chi connectivity index (χ4n) is 1.82. The van der Waals surface area contributed by atoms with E-state index in [1.807, 2.05) is 0 Å². The summed E-state index contributed by atoms with van der Waals surface area (Å²) in [6.45, 7) is 1.72. The third-order valence-electron chi connectivity index (χ3n) is 2.97. The van der Waals surface area contributed by atoms with Gasteiger partial charge < -0.3 is 10.6 Å². The molecule has 1 atom stereocenters. The number of hydrogen-bond donors (Lipinski definition) is 1. The van der Waals surface area contributed by atoms with Gasteiger partial charge in [-0.1, -0.05) is 18.2 Å². The van der Waals surface area contributed by atoms with Crippen molar-refractivity contribution in [3.8, 4) is 0 Å². The van der Waals surface area contributed by atoms with Crippen LogP contribution >= 0.6 is 0 Å². The molecule has 3 nitrogen and oxygen atoms in total. The highest BCUT2D eigenvalue weighted by molar-refractivity contribution is 5.75. The summed E-state index contributed by atoms with van der Waals surface area (Å²) in [6.07, 6.45) is -3.65. The van der Waals surface area contributed by atoms with Gasteiger partial charge in [0.2, 0.25) is 5.91 Å². The Labute approximate surface area is 116 Å². The summed E-state index contributed by atoms with van der Waals surface area (Å²) in [5.41, 5.74) is 4.95. The molecule has 2 N–H and O–H groups in total. The molecule has 1 aromatic carbocycles. The van der Waals surface area contributed by atoms with Crippen LogP contribution in [-0.2, 0) is 17.5 Å². The lowest BCUT2D eigenvalue weighted by atomic mass is 10.1. The van der Waals surface area contributed by atoms with Gasteiger partial charge in [-0.2, -0.15) is 13.2 Å². The van der Waals surface area contributed by atoms with Crippen molar-refractivity contribution in [3.63, 3.8) is 0 Å². The van der Waals surface area contributed by atoms with Gasteiger partial charge in [0.15, 0.2) is 0 Å². The van der Waals surface area contributed by atoms with Gasteiger partial charge in [-0.05, 0) is 25.0 Å². The number of amides is 1. The van der Waals surface area contributed by atoms with Crippen LogP contribution in [0, 0.1) is 0 Å². The minimum Gasteiger partial charge on any atom is -0.341 e. The molecule has 0 heterocycles. The second kappa shape index (κ2) is 6.74. The Kier molecular flexibility index (Phi) is 5.56. The molecule has 20 heavy (non-hydrogen) atoms. The SMILES string of the molecule is CC(N)CCC(=O)N(C)Cc1ccccc1C(F)(F)F. The van der Waals surface area contributed by atoms with Crippen LogP contribution in [0.2, 0.25) is 0 Å². The molecular weight excluding hydrogens is 269 g/mol. The van der Waals surface area contributed by atoms with E-state index in [1.54, 1.807) is 6.92 Å². The van der Waals surface area contributed by atoms with E-state index in [1.165, 1.54) is 30.1 Å². The third-order valence-corrected chi connectivity index (χ3v) is 2.97. The maximum absolute atomic E-state index is 12.8. The predicted molar refractivity (Wildman–Crippen MR) is 70.8 cm³/mol. The van der Waals surface area contributed by atoms with Gasteiger partial charge in [-0.15, -0.1) is 0 Å². The molecule has 0 saturated carbocycles. The van der Waals surface area contributed by atoms with E-state index in [2.05, 4.69) is 0 Å². The molecule has 1 amide bonds. The molecule has 0 aliphatic carbocycles. The summed E-state index contributed by atoms with van der Waals surface area (Å²) in [5, 5.41) is 0. The maximum Gasteiger partial charge on any atom is 0.416 e. The number of rotatable bonds is 5. The molecule has 1 aromatic rings. The quantitative estimate of drug-likeness (QED) is 0.905. The average molecular weight is 288 g/mol. The van der Waals surface area contributed by atoms with Gasteiger partial charge >= 0.3 is 6.18 Å². The molecular formula is C14H19F3N2O. The smallest absolute Gasteiger partial charge is 0.341 e. The van der Waals surface area contributed by atoms with Gasteiger partial charge in [-0.25, -0.2) is 0 Å². The van der Waals surface area contributed by atoms with Crippen molar-refractivity contribution in [2.45, 2.75) is 38.5 Å². The number of alkyl halides is 3. The fourth-order valence-corrected chi connectivity index (χ4v) is 1.82. The number of carbonyl (C=O) groups excluding carboxylic acids is 1. The first-order valence-electron chi connectivity index (χ1n) is 6.36. The van der Waals surface area contributed by atoms with Crippen LogP contribution in [0.1, 0.15) is 30.9 Å². The van der Waals surface area contributed by atoms with Crippen molar-refractivity contribution in [2.75, 3.05) is 7.05 Å². The molecule has 112 valence electrons. The second-order valence-electron chi connectivity index (χ2n) is 4.92. The summed E-state index contributed by atoms with van der Waals surface area (Å²) < 4.78 is 38.5. The van der Waals surface area contributed by atoms with Crippen LogP contribution in [0.25, 0.3) is 0 Å². The molecule has 0 spiro atoms. The Bertz CT molecular complexity index is 458. The van der Waals surface area contributed by atoms with Crippen molar-refractivity contribution in [3.05, 3.63) is 35.4 Å². The molecule has 0 aliphatic heterocycles. The number of carbonyl (C=O) groups is 1. The zero-order chi connectivity index (χ0) is 15.3. The summed E-state index contributed by atoms with van der Waals surface area (Å²) in [7, 11) is 1.50. The molecule has 0 aliphatic rings. The summed E-state index contributed by atoms with van der Waals surface area (Å²) in [5.74, 6) is -0.209. The first-order valence-corrected chi connectivity index (χ1v) is 6.36. The molecule has 6 heteroatoms. The lowest BCUT2D eigenvalue weighted by Crippen LogP contribution is -2.29. The molecule has 0 saturated heterocycles. The minimum atomic E-state index is -4.41. The molecule has 1 unspecified atom stereocenters. The number of nitrogens with zero attached hydrogens (tertiary/aromatic N) is 1. The molecule has 1 rings (SSSR count). The Morgan fingerprint density at radius 1 is 1.35 bits per heavy atom. The van der Waals surface area contributed by atoms with Crippen molar-refractivity contribution >= 4 is 5.91 Å². The van der Waals surface area contributed by atoms with Crippen LogP contribution in [0.15, 0.2) is 24.3 Å². The Hall–Kier alpha value is -1.56. The lowest BCUT2D eigenvalue weighted by molar-refractivity contribution is -0.139. The summed E-state index contributed by atoms with van der Waals surface area (Å²) >= 11 is 0. The van der Waals surface area contributed by atoms with Crippen LogP contribution in [-0.4, -0.2) is 23.9 Å². The van der Waals surface area contributed by atoms with Crippen LogP contribution in [0.4, 0.5) is 13.2 Å². The average Bonchev–Trinajstić information content (AvgIpc) is 2.35. The number of benzene rings is 1. The van der Waals surface area contributed by atoms with Crippen LogP contribution in [0.3, 0.4) is 0 Å². The molecule has 0 fully saturated rings. The molecule has 0 aromatic heterocycles. The van der Waals surface area contributed by atoms with Crippen LogP contribution < -0.4 is 5.73 Å². The third kappa shape index (κ3) is 4.85. The van der Waals surface area contributed by atoms with E-state index in [0.717, 1.165) is 6.07 Å². The van der Waals surface area contributed by atoms with E-state index in [0.29, 0.717) is 6.42 Å². The first kappa shape index (κ1) is 16.5. The van der Waals surface area contributed by atoms with Crippen molar-refractivity contribution in [1.82, 2.24) is 4.90 Å². The maximum atomic E-state index is 12.8. The monoisotopic (exact) mass is 288 g/mol. The first-order chi connectivity index (χ1) is 9.21. The van der Waals surface area contributed by atoms with Gasteiger partial charge in [0, 0.05) is 26.1 Å². The zero-order valence-corrected chi connectivity index (χ0v) is 11.6. The molecule has 0 radical (unpaired) electrons. The van der Waals surface area contributed by atoms with Gasteiger partial charge in [0.05, 0.1) is 5.56 Å². The highest BCUT2D eigenvalue weighted by Crippen LogP contribution is 2.32. The summed E-state index contributed by atoms with van der Waals surface area (Å²) in [4.78, 5) is 13.1. The van der Waals surface area contributed by atoms with Gasteiger partial charge in [0.25, 0.3) is 0 Å². The topological polar surface area (TPSA) is 46.3 Å². The van der Waals surface area contributed by atoms with Crippen LogP contribution in [0.5, 0.6) is 0 Å². The van der Waals surface area contributed by atoms with Crippen molar-refractivity contribution in [1.29, 1.82) is 0 Å². The predicted octanol–water partition coefficient (Wildman–Crippen LogP) is 2.79. The van der Waals surface area contributed by atoms with E-state index in [-0.39, 0.29) is 30.5 Å². The second-order valence-corrected chi connectivity index (χ2v) is 4.92. The standard InChI is InChI=1S/C14H19F3N2O/c1-10(18)7-8-13(20)19(2)9-11-5-3-4-6-12(11)14(15,16)17/h3-6,10H,7-9,18H2,1-2H3. The summed E-state index contributed by atoms with van der Waals surface area (Å²) in [6, 6.07) is 5.18. The van der Waals surface area contributed by atoms with Crippen molar-refractivity contribution < 1.29 is 18.0 Å². The Balaban J connectivity index is 2.76. The normalized spacial score (nSPS) is 13.1. The highest BCUT2D eigenvalue weighted by atomic mass is 19.4. The van der Waals surface area contributed by atoms with E-state index in [4.69, 9.17) is 5.73 Å². The number of nitrogens with two attached hydrogens (primary N) is 1. The van der Waals surface area contributed by atoms with E-state index >= 15 is 0 Å². The number of hydrogen-bond acceptors (Lipinski definition) is 2. The molecule has 0 bridgehead atoms. The van der Waals surface area contributed by atoms with Crippen molar-refractivity contribution in [2.24, 2.45) is 5.73 Å². The van der Waals surface area contributed by atoms with Gasteiger partial charge in [-0.3, -0.25) is 4.79 Å². The Morgan fingerprint density at radius 3 is 2.50 bits per heavy atom. The Morgan fingerprint density at radius 2 is 1.95 bits per heavy atom. The van der Waals surface area contributed by atoms with E-state index in [9.17, 15) is 18.0 Å². The lowest BCUT2D eigenvalue weighted by Gasteiger charge is -2.20. The minimum absolute atomic E-state index is 0.0620. The van der Waals surface area contributed by atoms with Gasteiger partial charge in [0.1, 0.15) is 0 Å². The van der Waals surface area contributed by atoms with E-state index < -0.39 is 11.7 Å². The fraction of sp³-hybridized carbons (Fsp3) is 0.500. The number of halogens is 3. The highest BCUT2D eigenvalue weighted by Gasteiger charge is 2.33. The zero-order valence-electron chi connectivity index (χ0n) is 11.6. The largest absolute Gasteiger partial charge is 0.416 e.